The van der Waals surface area contributed by atoms with E-state index in [1.165, 1.54) is 24.0 Å². The molecule has 1 unspecified atom stereocenters. The lowest BCUT2D eigenvalue weighted by atomic mass is 10.1. The van der Waals surface area contributed by atoms with Gasteiger partial charge in [0.15, 0.2) is 17.3 Å². The lowest BCUT2D eigenvalue weighted by molar-refractivity contribution is 0.0687. The summed E-state index contributed by atoms with van der Waals surface area (Å²) in [6.07, 6.45) is 1.23. The molecule has 4 rings (SSSR count). The van der Waals surface area contributed by atoms with Crippen LogP contribution in [0, 0.1) is 12.7 Å². The van der Waals surface area contributed by atoms with Crippen LogP contribution in [0.15, 0.2) is 41.5 Å². The summed E-state index contributed by atoms with van der Waals surface area (Å²) in [5.74, 6) is -0.177. The topological polar surface area (TPSA) is 95.1 Å². The molecule has 0 amide bonds. The monoisotopic (exact) mass is 469 g/mol. The fraction of sp³-hybridized carbons (Fsp3) is 0.333. The highest BCUT2D eigenvalue weighted by molar-refractivity contribution is 5.78. The zero-order chi connectivity index (χ0) is 24.8. The fourth-order valence-electron chi connectivity index (χ4n) is 3.69. The number of hydrogen-bond donors (Lipinski definition) is 1. The first-order valence-electron chi connectivity index (χ1n) is 10.7. The summed E-state index contributed by atoms with van der Waals surface area (Å²) in [6.45, 7) is 6.41. The molecular weight excluding hydrogens is 444 g/mol. The Morgan fingerprint density at radius 3 is 2.50 bits per heavy atom. The first-order valence-corrected chi connectivity index (χ1v) is 10.7. The van der Waals surface area contributed by atoms with Crippen LogP contribution in [-0.4, -0.2) is 35.8 Å². The molecule has 0 aliphatic heterocycles. The molecule has 1 aromatic carbocycles. The number of aryl methyl sites for hydroxylation is 1. The van der Waals surface area contributed by atoms with Crippen LogP contribution >= 0.6 is 0 Å². The minimum atomic E-state index is -1.52. The Labute approximate surface area is 194 Å². The second-order valence-corrected chi connectivity index (χ2v) is 8.70. The third-order valence-electron chi connectivity index (χ3n) is 5.38. The van der Waals surface area contributed by atoms with Crippen molar-refractivity contribution in [1.29, 1.82) is 0 Å². The molecule has 3 heterocycles. The maximum absolute atomic E-state index is 15.0. The van der Waals surface area contributed by atoms with E-state index in [1.807, 2.05) is 13.0 Å². The molecule has 3 aromatic heterocycles. The van der Waals surface area contributed by atoms with E-state index in [9.17, 15) is 18.7 Å². The number of aliphatic hydroxyl groups is 1. The van der Waals surface area contributed by atoms with E-state index in [2.05, 4.69) is 15.0 Å². The zero-order valence-corrected chi connectivity index (χ0v) is 19.5. The number of hydrogen-bond acceptors (Lipinski definition) is 6. The Balaban J connectivity index is 1.84. The highest BCUT2D eigenvalue weighted by atomic mass is 19.1. The van der Waals surface area contributed by atoms with Gasteiger partial charge in [0, 0.05) is 37.5 Å². The first-order chi connectivity index (χ1) is 16.0. The van der Waals surface area contributed by atoms with Gasteiger partial charge in [-0.1, -0.05) is 17.7 Å². The van der Waals surface area contributed by atoms with Gasteiger partial charge in [-0.15, -0.1) is 0 Å². The fourth-order valence-corrected chi connectivity index (χ4v) is 3.69. The van der Waals surface area contributed by atoms with Gasteiger partial charge >= 0.3 is 0 Å². The molecule has 0 radical (unpaired) electrons. The first kappa shape index (κ1) is 23.5. The number of fused-ring (bicyclic) bond motifs is 1. The SMILES string of the molecule is Cc1ccc(OC(C)F)c(Cn2c3nc(-c4cnc(C(C)(C)O)nc4)c(F)cc3c(=O)n2C)c1. The van der Waals surface area contributed by atoms with Crippen molar-refractivity contribution in [3.05, 3.63) is 69.8 Å². The van der Waals surface area contributed by atoms with Crippen LogP contribution in [0.3, 0.4) is 0 Å². The van der Waals surface area contributed by atoms with E-state index in [0.29, 0.717) is 16.9 Å². The third kappa shape index (κ3) is 4.41. The molecule has 0 fully saturated rings. The van der Waals surface area contributed by atoms with Gasteiger partial charge in [-0.05, 0) is 32.9 Å². The van der Waals surface area contributed by atoms with Crippen molar-refractivity contribution in [3.63, 3.8) is 0 Å². The van der Waals surface area contributed by atoms with E-state index < -0.39 is 23.3 Å². The van der Waals surface area contributed by atoms with Crippen molar-refractivity contribution >= 4 is 11.0 Å². The largest absolute Gasteiger partial charge is 0.460 e. The molecule has 1 N–H and O–H groups in total. The van der Waals surface area contributed by atoms with Crippen LogP contribution in [0.5, 0.6) is 5.75 Å². The minimum Gasteiger partial charge on any atom is -0.460 e. The van der Waals surface area contributed by atoms with Gasteiger partial charge in [0.1, 0.15) is 17.0 Å². The Bertz CT molecular complexity index is 1420. The lowest BCUT2D eigenvalue weighted by Gasteiger charge is -2.16. The summed E-state index contributed by atoms with van der Waals surface area (Å²) < 4.78 is 36.7. The zero-order valence-electron chi connectivity index (χ0n) is 19.5. The number of nitrogens with zero attached hydrogens (tertiary/aromatic N) is 5. The molecule has 0 aliphatic carbocycles. The molecule has 0 bridgehead atoms. The quantitative estimate of drug-likeness (QED) is 0.464. The summed E-state index contributed by atoms with van der Waals surface area (Å²) in [4.78, 5) is 25.5. The van der Waals surface area contributed by atoms with Crippen molar-refractivity contribution in [1.82, 2.24) is 24.3 Å². The minimum absolute atomic E-state index is 0.0350. The van der Waals surface area contributed by atoms with Crippen LogP contribution in [0.2, 0.25) is 0 Å². The standard InChI is InChI=1S/C24H25F2N5O3/c1-13-6-7-19(34-14(2)25)15(8-13)12-31-21-17(22(32)30(31)5)9-18(26)20(29-21)16-10-27-23(28-11-16)24(3,4)33/h6-11,14,33H,12H2,1-5H3. The van der Waals surface area contributed by atoms with Gasteiger partial charge in [0.25, 0.3) is 5.56 Å². The van der Waals surface area contributed by atoms with E-state index in [1.54, 1.807) is 37.7 Å². The smallest absolute Gasteiger partial charge is 0.276 e. The highest BCUT2D eigenvalue weighted by Gasteiger charge is 2.22. The molecule has 8 nitrogen and oxygen atoms in total. The maximum Gasteiger partial charge on any atom is 0.276 e. The molecule has 0 saturated heterocycles. The van der Waals surface area contributed by atoms with E-state index in [0.717, 1.165) is 11.6 Å². The predicted octanol–water partition coefficient (Wildman–Crippen LogP) is 3.61. The summed E-state index contributed by atoms with van der Waals surface area (Å²) >= 11 is 0. The van der Waals surface area contributed by atoms with E-state index in [-0.39, 0.29) is 29.1 Å². The second-order valence-electron chi connectivity index (χ2n) is 8.70. The molecule has 0 saturated carbocycles. The van der Waals surface area contributed by atoms with Crippen LogP contribution < -0.4 is 10.3 Å². The van der Waals surface area contributed by atoms with Gasteiger partial charge in [-0.25, -0.2) is 23.7 Å². The maximum atomic E-state index is 15.0. The number of aromatic nitrogens is 5. The molecule has 4 aromatic rings. The third-order valence-corrected chi connectivity index (χ3v) is 5.38. The van der Waals surface area contributed by atoms with Gasteiger partial charge < -0.3 is 9.84 Å². The molecule has 1 atom stereocenters. The van der Waals surface area contributed by atoms with Gasteiger partial charge in [0.05, 0.1) is 11.9 Å². The summed E-state index contributed by atoms with van der Waals surface area (Å²) in [6, 6.07) is 6.45. The number of halogens is 2. The molecule has 178 valence electrons. The van der Waals surface area contributed by atoms with E-state index in [4.69, 9.17) is 4.74 Å². The Morgan fingerprint density at radius 1 is 1.21 bits per heavy atom. The molecule has 0 spiro atoms. The molecule has 0 aliphatic rings. The van der Waals surface area contributed by atoms with Gasteiger partial charge in [-0.3, -0.25) is 14.2 Å². The van der Waals surface area contributed by atoms with E-state index >= 15 is 0 Å². The summed E-state index contributed by atoms with van der Waals surface area (Å²) in [5, 5.41) is 10.2. The average Bonchev–Trinajstić information content (AvgIpc) is 2.98. The predicted molar refractivity (Wildman–Crippen MR) is 123 cm³/mol. The van der Waals surface area contributed by atoms with Crippen molar-refractivity contribution in [2.45, 2.75) is 46.2 Å². The number of alkyl halides is 1. The Hall–Kier alpha value is -3.66. The normalized spacial score (nSPS) is 12.8. The van der Waals surface area contributed by atoms with Crippen LogP contribution in [0.4, 0.5) is 8.78 Å². The van der Waals surface area contributed by atoms with Crippen LogP contribution in [0.25, 0.3) is 22.3 Å². The molecule has 34 heavy (non-hydrogen) atoms. The van der Waals surface area contributed by atoms with Crippen LogP contribution in [-0.2, 0) is 19.2 Å². The van der Waals surface area contributed by atoms with Crippen molar-refractivity contribution in [2.24, 2.45) is 7.05 Å². The van der Waals surface area contributed by atoms with Gasteiger partial charge in [0.2, 0.25) is 6.36 Å². The second kappa shape index (κ2) is 8.60. The lowest BCUT2D eigenvalue weighted by Crippen LogP contribution is -2.20. The van der Waals surface area contributed by atoms with Crippen molar-refractivity contribution in [2.75, 3.05) is 0 Å². The number of rotatable bonds is 6. The molecule has 10 heteroatoms. The molecular formula is C24H25F2N5O3. The number of benzene rings is 1. The van der Waals surface area contributed by atoms with Crippen molar-refractivity contribution < 1.29 is 18.6 Å². The number of ether oxygens (including phenoxy) is 1. The summed E-state index contributed by atoms with van der Waals surface area (Å²) in [7, 11) is 1.55. The van der Waals surface area contributed by atoms with Gasteiger partial charge in [-0.2, -0.15) is 0 Å². The Morgan fingerprint density at radius 2 is 1.88 bits per heavy atom. The summed E-state index contributed by atoms with van der Waals surface area (Å²) in [5.41, 5.74) is 0.403. The Kier molecular flexibility index (Phi) is 5.94. The highest BCUT2D eigenvalue weighted by Crippen LogP contribution is 2.27. The number of pyridine rings is 1. The average molecular weight is 469 g/mol. The van der Waals surface area contributed by atoms with Crippen molar-refractivity contribution in [3.8, 4) is 17.0 Å². The van der Waals surface area contributed by atoms with Crippen LogP contribution in [0.1, 0.15) is 37.7 Å².